The van der Waals surface area contributed by atoms with Crippen LogP contribution < -0.4 is 10.6 Å². The molecule has 0 aromatic heterocycles. The summed E-state index contributed by atoms with van der Waals surface area (Å²) in [5.74, 6) is -1.82. The van der Waals surface area contributed by atoms with Crippen molar-refractivity contribution in [2.75, 3.05) is 6.54 Å². The van der Waals surface area contributed by atoms with Crippen molar-refractivity contribution < 1.29 is 28.7 Å². The number of esters is 1. The normalized spacial score (nSPS) is 13.8. The van der Waals surface area contributed by atoms with E-state index in [-0.39, 0.29) is 18.9 Å². The third kappa shape index (κ3) is 11.9. The van der Waals surface area contributed by atoms with Crippen molar-refractivity contribution in [1.82, 2.24) is 15.5 Å². The summed E-state index contributed by atoms with van der Waals surface area (Å²) in [4.78, 5) is 56.6. The molecule has 0 radical (unpaired) electrons. The molecule has 0 aliphatic heterocycles. The number of rotatable bonds is 12. The number of ether oxygens (including phenoxy) is 2. The molecular weight excluding hydrogens is 570 g/mol. The molecule has 0 fully saturated rings. The van der Waals surface area contributed by atoms with Gasteiger partial charge in [-0.1, -0.05) is 74.9 Å². The minimum Gasteiger partial charge on any atom is -0.458 e. The molecule has 9 nitrogen and oxygen atoms in total. The van der Waals surface area contributed by atoms with Crippen LogP contribution in [0.15, 0.2) is 48.5 Å². The van der Waals surface area contributed by atoms with E-state index in [1.807, 2.05) is 83.1 Å². The van der Waals surface area contributed by atoms with Gasteiger partial charge in [-0.05, 0) is 84.4 Å². The van der Waals surface area contributed by atoms with Gasteiger partial charge in [0.1, 0.15) is 29.3 Å². The molecule has 3 amide bonds. The molecule has 2 rings (SSSR count). The molecular formula is C36H53N3O6. The van der Waals surface area contributed by atoms with Gasteiger partial charge in [-0.15, -0.1) is 0 Å². The molecule has 0 spiro atoms. The van der Waals surface area contributed by atoms with E-state index in [0.717, 1.165) is 16.7 Å². The van der Waals surface area contributed by atoms with Gasteiger partial charge < -0.3 is 25.0 Å². The van der Waals surface area contributed by atoms with Gasteiger partial charge in [-0.3, -0.25) is 9.59 Å². The number of nitrogens with one attached hydrogen (secondary N) is 2. The Kier molecular flexibility index (Phi) is 13.2. The number of hydrogen-bond donors (Lipinski definition) is 2. The first-order valence-corrected chi connectivity index (χ1v) is 15.8. The van der Waals surface area contributed by atoms with Gasteiger partial charge in [-0.2, -0.15) is 0 Å². The summed E-state index contributed by atoms with van der Waals surface area (Å²) in [6.07, 6.45) is 0.0424. The number of alkyl carbamates (subject to hydrolysis) is 1. The summed E-state index contributed by atoms with van der Waals surface area (Å²) >= 11 is 0. The fourth-order valence-electron chi connectivity index (χ4n) is 4.98. The number of hydrogen-bond acceptors (Lipinski definition) is 6. The zero-order chi connectivity index (χ0) is 34.1. The highest BCUT2D eigenvalue weighted by molar-refractivity contribution is 5.94. The highest BCUT2D eigenvalue weighted by Crippen LogP contribution is 2.28. The fourth-order valence-corrected chi connectivity index (χ4v) is 4.98. The Morgan fingerprint density at radius 2 is 1.44 bits per heavy atom. The SMILES string of the molecule is CCCN(C(=O)C(NC(=O)OC(C)(C)C)C(C)C)C(C(=O)NC(Cc1ccccc1)C(=O)OC(C)(C)C)c1ccc(C)cc1C. The van der Waals surface area contributed by atoms with Crippen LogP contribution in [0.5, 0.6) is 0 Å². The first-order valence-electron chi connectivity index (χ1n) is 15.8. The summed E-state index contributed by atoms with van der Waals surface area (Å²) in [6, 6.07) is 12.0. The van der Waals surface area contributed by atoms with Gasteiger partial charge in [-0.25, -0.2) is 9.59 Å². The Hall–Kier alpha value is -3.88. The van der Waals surface area contributed by atoms with Crippen LogP contribution in [-0.2, 0) is 30.3 Å². The zero-order valence-electron chi connectivity index (χ0n) is 28.9. The molecule has 248 valence electrons. The van der Waals surface area contributed by atoms with Crippen LogP contribution in [0, 0.1) is 19.8 Å². The largest absolute Gasteiger partial charge is 0.458 e. The number of carbonyl (C=O) groups is 4. The molecule has 45 heavy (non-hydrogen) atoms. The number of benzene rings is 2. The summed E-state index contributed by atoms with van der Waals surface area (Å²) in [5, 5.41) is 5.68. The molecule has 0 saturated carbocycles. The van der Waals surface area contributed by atoms with Crippen LogP contribution in [-0.4, -0.2) is 58.6 Å². The predicted molar refractivity (Wildman–Crippen MR) is 177 cm³/mol. The summed E-state index contributed by atoms with van der Waals surface area (Å²) < 4.78 is 11.2. The lowest BCUT2D eigenvalue weighted by Gasteiger charge is -2.36. The van der Waals surface area contributed by atoms with E-state index in [1.165, 1.54) is 4.90 Å². The van der Waals surface area contributed by atoms with E-state index in [4.69, 9.17) is 9.47 Å². The number of aryl methyl sites for hydroxylation is 2. The van der Waals surface area contributed by atoms with Crippen LogP contribution in [0.2, 0.25) is 0 Å². The van der Waals surface area contributed by atoms with E-state index in [9.17, 15) is 19.2 Å². The molecule has 2 aromatic carbocycles. The second-order valence-electron chi connectivity index (χ2n) is 13.9. The summed E-state index contributed by atoms with van der Waals surface area (Å²) in [6.45, 7) is 20.2. The number of carbonyl (C=O) groups excluding carboxylic acids is 4. The molecule has 2 N–H and O–H groups in total. The Balaban J connectivity index is 2.61. The Labute approximate surface area is 269 Å². The quantitative estimate of drug-likeness (QED) is 0.272. The third-order valence-corrected chi connectivity index (χ3v) is 6.92. The van der Waals surface area contributed by atoms with Gasteiger partial charge in [0.2, 0.25) is 11.8 Å². The van der Waals surface area contributed by atoms with Crippen molar-refractivity contribution in [2.24, 2.45) is 5.92 Å². The van der Waals surface area contributed by atoms with Gasteiger partial charge in [0.15, 0.2) is 0 Å². The molecule has 3 unspecified atom stereocenters. The van der Waals surface area contributed by atoms with Gasteiger partial charge in [0, 0.05) is 13.0 Å². The van der Waals surface area contributed by atoms with E-state index in [0.29, 0.717) is 12.0 Å². The van der Waals surface area contributed by atoms with Crippen molar-refractivity contribution in [2.45, 2.75) is 118 Å². The van der Waals surface area contributed by atoms with Crippen LogP contribution in [0.4, 0.5) is 4.79 Å². The Morgan fingerprint density at radius 3 is 1.96 bits per heavy atom. The lowest BCUT2D eigenvalue weighted by atomic mass is 9.94. The highest BCUT2D eigenvalue weighted by Gasteiger charge is 2.39. The maximum Gasteiger partial charge on any atom is 0.408 e. The van der Waals surface area contributed by atoms with Crippen molar-refractivity contribution in [3.8, 4) is 0 Å². The molecule has 0 saturated heterocycles. The van der Waals surface area contributed by atoms with E-state index in [2.05, 4.69) is 10.6 Å². The van der Waals surface area contributed by atoms with E-state index < -0.39 is 53.2 Å². The molecule has 2 aromatic rings. The average molecular weight is 624 g/mol. The Morgan fingerprint density at radius 1 is 0.844 bits per heavy atom. The van der Waals surface area contributed by atoms with Crippen molar-refractivity contribution in [1.29, 1.82) is 0 Å². The third-order valence-electron chi connectivity index (χ3n) is 6.92. The van der Waals surface area contributed by atoms with Crippen LogP contribution in [0.3, 0.4) is 0 Å². The van der Waals surface area contributed by atoms with E-state index >= 15 is 0 Å². The number of nitrogens with zero attached hydrogens (tertiary/aromatic N) is 1. The van der Waals surface area contributed by atoms with Crippen molar-refractivity contribution >= 4 is 23.9 Å². The number of amides is 3. The highest BCUT2D eigenvalue weighted by atomic mass is 16.6. The molecule has 0 aliphatic rings. The summed E-state index contributed by atoms with van der Waals surface area (Å²) in [7, 11) is 0. The topological polar surface area (TPSA) is 114 Å². The lowest BCUT2D eigenvalue weighted by molar-refractivity contribution is -0.159. The molecule has 0 heterocycles. The molecule has 0 bridgehead atoms. The molecule has 9 heteroatoms. The smallest absolute Gasteiger partial charge is 0.408 e. The lowest BCUT2D eigenvalue weighted by Crippen LogP contribution is -2.56. The second-order valence-corrected chi connectivity index (χ2v) is 13.9. The average Bonchev–Trinajstić information content (AvgIpc) is 2.90. The van der Waals surface area contributed by atoms with Crippen molar-refractivity contribution in [3.05, 3.63) is 70.8 Å². The fraction of sp³-hybridized carbons (Fsp3) is 0.556. The maximum atomic E-state index is 14.4. The van der Waals surface area contributed by atoms with Crippen LogP contribution in [0.25, 0.3) is 0 Å². The van der Waals surface area contributed by atoms with Gasteiger partial charge >= 0.3 is 12.1 Å². The van der Waals surface area contributed by atoms with Gasteiger partial charge in [0.05, 0.1) is 0 Å². The van der Waals surface area contributed by atoms with Gasteiger partial charge in [0.25, 0.3) is 0 Å². The molecule has 0 aliphatic carbocycles. The van der Waals surface area contributed by atoms with Crippen molar-refractivity contribution in [3.63, 3.8) is 0 Å². The van der Waals surface area contributed by atoms with E-state index in [1.54, 1.807) is 41.5 Å². The minimum atomic E-state index is -1.08. The van der Waals surface area contributed by atoms with Crippen LogP contribution in [0.1, 0.15) is 97.0 Å². The Bertz CT molecular complexity index is 1310. The predicted octanol–water partition coefficient (Wildman–Crippen LogP) is 6.20. The summed E-state index contributed by atoms with van der Waals surface area (Å²) in [5.41, 5.74) is 1.77. The monoisotopic (exact) mass is 623 g/mol. The van der Waals surface area contributed by atoms with Crippen LogP contribution >= 0.6 is 0 Å². The zero-order valence-corrected chi connectivity index (χ0v) is 28.9. The first kappa shape index (κ1) is 37.3. The maximum absolute atomic E-state index is 14.4. The first-order chi connectivity index (χ1) is 20.8. The molecule has 3 atom stereocenters. The second kappa shape index (κ2) is 15.9. The minimum absolute atomic E-state index is 0.206. The standard InChI is InChI=1S/C36H53N3O6/c1-12-20-39(32(41)29(23(2)3)38-34(43)45-36(9,10)11)30(27-19-18-24(4)21-25(27)5)31(40)37-28(33(42)44-35(6,7)8)22-26-16-14-13-15-17-26/h13-19,21,23,28-30H,12,20,22H2,1-11H3,(H,37,40)(H,38,43).